The minimum Gasteiger partial charge on any atom is -0.430 e. The molecule has 0 spiro atoms. The third-order valence-electron chi connectivity index (χ3n) is 7.12. The van der Waals surface area contributed by atoms with Crippen LogP contribution in [-0.2, 0) is 14.3 Å². The maximum absolute atomic E-state index is 13.0. The van der Waals surface area contributed by atoms with Crippen molar-refractivity contribution in [1.29, 1.82) is 0 Å². The number of allylic oxidation sites excluding steroid dienone is 5. The molecule has 4 nitrogen and oxygen atoms in total. The molecule has 1 N–H and O–H groups in total. The van der Waals surface area contributed by atoms with Crippen LogP contribution in [0.5, 0.6) is 0 Å². The minimum absolute atomic E-state index is 0.214. The molecule has 154 valence electrons. The first-order chi connectivity index (χ1) is 13.1. The van der Waals surface area contributed by atoms with Crippen LogP contribution in [0.4, 0.5) is 0 Å². The molecule has 1 aliphatic heterocycles. The lowest BCUT2D eigenvalue weighted by Gasteiger charge is -2.33. The lowest BCUT2D eigenvalue weighted by Crippen LogP contribution is -2.32. The first kappa shape index (κ1) is 21.0. The molecule has 1 fully saturated rings. The summed E-state index contributed by atoms with van der Waals surface area (Å²) in [6.45, 7) is 12.2. The molecule has 0 unspecified atom stereocenters. The smallest absolute Gasteiger partial charge is 0.317 e. The van der Waals surface area contributed by atoms with Crippen LogP contribution in [-0.4, -0.2) is 23.0 Å². The summed E-state index contributed by atoms with van der Waals surface area (Å²) in [7, 11) is 0. The van der Waals surface area contributed by atoms with Crippen molar-refractivity contribution in [1.82, 2.24) is 0 Å². The first-order valence-corrected chi connectivity index (χ1v) is 10.6. The summed E-state index contributed by atoms with van der Waals surface area (Å²) in [4.78, 5) is 25.4. The van der Waals surface area contributed by atoms with Crippen LogP contribution in [0, 0.1) is 29.1 Å². The third kappa shape index (κ3) is 3.52. The molecule has 1 heterocycles. The van der Waals surface area contributed by atoms with Gasteiger partial charge in [0.25, 0.3) is 0 Å². The van der Waals surface area contributed by atoms with Crippen molar-refractivity contribution in [2.45, 2.75) is 73.3 Å². The monoisotopic (exact) mass is 386 g/mol. The van der Waals surface area contributed by atoms with Crippen molar-refractivity contribution in [2.24, 2.45) is 29.1 Å². The van der Waals surface area contributed by atoms with Gasteiger partial charge in [-0.2, -0.15) is 0 Å². The zero-order chi connectivity index (χ0) is 20.8. The summed E-state index contributed by atoms with van der Waals surface area (Å²) in [5.41, 5.74) is 3.08. The summed E-state index contributed by atoms with van der Waals surface area (Å²) in [5.74, 6) is 0.429. The van der Waals surface area contributed by atoms with Crippen LogP contribution in [0.2, 0.25) is 0 Å². The highest BCUT2D eigenvalue weighted by atomic mass is 16.5. The second-order valence-electron chi connectivity index (χ2n) is 9.54. The fraction of sp³-hybridized carbons (Fsp3) is 0.667. The topological polar surface area (TPSA) is 63.6 Å². The Balaban J connectivity index is 2.02. The fourth-order valence-electron chi connectivity index (χ4n) is 5.24. The molecule has 0 radical (unpaired) electrons. The predicted octanol–water partition coefficient (Wildman–Crippen LogP) is 4.74. The number of rotatable bonds is 2. The van der Waals surface area contributed by atoms with Gasteiger partial charge in [0, 0.05) is 5.41 Å². The number of hydrogen-bond acceptors (Lipinski definition) is 4. The Morgan fingerprint density at radius 3 is 2.46 bits per heavy atom. The zero-order valence-corrected chi connectivity index (χ0v) is 18.0. The van der Waals surface area contributed by atoms with Gasteiger partial charge in [-0.15, -0.1) is 0 Å². The van der Waals surface area contributed by atoms with Crippen LogP contribution in [0.25, 0.3) is 0 Å². The van der Waals surface area contributed by atoms with Gasteiger partial charge in [-0.3, -0.25) is 9.59 Å². The van der Waals surface area contributed by atoms with Crippen LogP contribution in [0.1, 0.15) is 67.2 Å². The van der Waals surface area contributed by atoms with Gasteiger partial charge in [-0.05, 0) is 69.9 Å². The number of ether oxygens (including phenoxy) is 1. The molecule has 3 aliphatic rings. The van der Waals surface area contributed by atoms with E-state index in [0.29, 0.717) is 11.7 Å². The van der Waals surface area contributed by atoms with E-state index in [1.807, 2.05) is 13.0 Å². The van der Waals surface area contributed by atoms with E-state index in [1.165, 1.54) is 11.1 Å². The Morgan fingerprint density at radius 1 is 1.18 bits per heavy atom. The number of ketones is 1. The highest BCUT2D eigenvalue weighted by molar-refractivity contribution is 5.98. The number of aliphatic hydroxyl groups is 1. The summed E-state index contributed by atoms with van der Waals surface area (Å²) in [6.07, 6.45) is 6.53. The Hall–Kier alpha value is -1.68. The van der Waals surface area contributed by atoms with E-state index < -0.39 is 17.4 Å². The Bertz CT molecular complexity index is 767. The number of esters is 1. The lowest BCUT2D eigenvalue weighted by atomic mass is 9.69. The predicted molar refractivity (Wildman–Crippen MR) is 109 cm³/mol. The Labute approximate surface area is 168 Å². The third-order valence-corrected chi connectivity index (χ3v) is 7.12. The van der Waals surface area contributed by atoms with E-state index in [0.717, 1.165) is 31.3 Å². The highest BCUT2D eigenvalue weighted by Gasteiger charge is 2.48. The number of fused-ring (bicyclic) bond motifs is 2. The van der Waals surface area contributed by atoms with Crippen LogP contribution in [0.15, 0.2) is 34.6 Å². The van der Waals surface area contributed by atoms with Crippen molar-refractivity contribution in [3.63, 3.8) is 0 Å². The number of carbonyl (C=O) groups is 2. The van der Waals surface area contributed by atoms with E-state index in [9.17, 15) is 14.7 Å². The second kappa shape index (κ2) is 7.62. The maximum atomic E-state index is 13.0. The molecule has 1 saturated heterocycles. The standard InChI is InChI=1S/C24H34O4/c1-13(2)17-12-20(26)24(6)10-9-15(4)22-18(11-14(3)7-8-19(17)24)21(16(5)25)23(27)28-22/h11-13,16,18-19,21,25H,7-10H2,1-6H3/t16-,18-,19+,21-,24-/m0/s1. The molecule has 0 bridgehead atoms. The molecular weight excluding hydrogens is 352 g/mol. The average molecular weight is 387 g/mol. The summed E-state index contributed by atoms with van der Waals surface area (Å²) >= 11 is 0. The number of hydrogen-bond donors (Lipinski definition) is 1. The zero-order valence-electron chi connectivity index (χ0n) is 18.0. The van der Waals surface area contributed by atoms with Crippen molar-refractivity contribution < 1.29 is 19.4 Å². The maximum Gasteiger partial charge on any atom is 0.317 e. The van der Waals surface area contributed by atoms with E-state index >= 15 is 0 Å². The molecule has 28 heavy (non-hydrogen) atoms. The quantitative estimate of drug-likeness (QED) is 0.550. The van der Waals surface area contributed by atoms with E-state index in [2.05, 4.69) is 33.8 Å². The Morgan fingerprint density at radius 2 is 1.86 bits per heavy atom. The number of aliphatic hydroxyl groups excluding tert-OH is 1. The van der Waals surface area contributed by atoms with Crippen molar-refractivity contribution >= 4 is 11.8 Å². The average Bonchev–Trinajstić information content (AvgIpc) is 3.05. The minimum atomic E-state index is -0.758. The van der Waals surface area contributed by atoms with Crippen LogP contribution in [0.3, 0.4) is 0 Å². The second-order valence-corrected chi connectivity index (χ2v) is 9.54. The first-order valence-electron chi connectivity index (χ1n) is 10.6. The van der Waals surface area contributed by atoms with Gasteiger partial charge in [-0.25, -0.2) is 0 Å². The van der Waals surface area contributed by atoms with E-state index in [-0.39, 0.29) is 23.6 Å². The molecule has 0 aromatic rings. The SMILES string of the molecule is CC1=C[C@@H]2C(=C(C)CC[C@]3(C)C(=O)C=C(C(C)C)[C@H]3CC1)OC(=O)[C@H]2[C@H](C)O. The van der Waals surface area contributed by atoms with Crippen LogP contribution >= 0.6 is 0 Å². The van der Waals surface area contributed by atoms with Gasteiger partial charge < -0.3 is 9.84 Å². The largest absolute Gasteiger partial charge is 0.430 e. The molecule has 0 aromatic heterocycles. The summed E-state index contributed by atoms with van der Waals surface area (Å²) in [6, 6.07) is 0. The number of carbonyl (C=O) groups excluding carboxylic acids is 2. The van der Waals surface area contributed by atoms with Gasteiger partial charge in [-0.1, -0.05) is 38.0 Å². The van der Waals surface area contributed by atoms with Crippen molar-refractivity contribution in [3.05, 3.63) is 34.6 Å². The highest BCUT2D eigenvalue weighted by Crippen LogP contribution is 2.50. The molecule has 5 atom stereocenters. The summed E-state index contributed by atoms with van der Waals surface area (Å²) < 4.78 is 5.64. The molecule has 2 aliphatic carbocycles. The fourth-order valence-corrected chi connectivity index (χ4v) is 5.24. The summed E-state index contributed by atoms with van der Waals surface area (Å²) in [5, 5.41) is 10.2. The molecular formula is C24H34O4. The lowest BCUT2D eigenvalue weighted by molar-refractivity contribution is -0.142. The van der Waals surface area contributed by atoms with Gasteiger partial charge >= 0.3 is 5.97 Å². The molecule has 0 saturated carbocycles. The molecule has 0 aromatic carbocycles. The molecule has 4 heteroatoms. The van der Waals surface area contributed by atoms with Gasteiger partial charge in [0.2, 0.25) is 0 Å². The van der Waals surface area contributed by atoms with Crippen molar-refractivity contribution in [2.75, 3.05) is 0 Å². The van der Waals surface area contributed by atoms with Gasteiger partial charge in [0.05, 0.1) is 17.9 Å². The molecule has 3 rings (SSSR count). The van der Waals surface area contributed by atoms with Gasteiger partial charge in [0.1, 0.15) is 5.76 Å². The van der Waals surface area contributed by atoms with Crippen molar-refractivity contribution in [3.8, 4) is 0 Å². The van der Waals surface area contributed by atoms with Gasteiger partial charge in [0.15, 0.2) is 5.78 Å². The van der Waals surface area contributed by atoms with E-state index in [4.69, 9.17) is 4.74 Å². The molecule has 0 amide bonds. The Kier molecular flexibility index (Phi) is 5.73. The normalized spacial score (nSPS) is 35.1. The van der Waals surface area contributed by atoms with E-state index in [1.54, 1.807) is 6.92 Å². The van der Waals surface area contributed by atoms with Crippen LogP contribution < -0.4 is 0 Å².